The Labute approximate surface area is 132 Å². The highest BCUT2D eigenvalue weighted by Crippen LogP contribution is 2.40. The molecule has 0 radical (unpaired) electrons. The number of hydrogen-bond donors (Lipinski definition) is 3. The minimum Gasteiger partial charge on any atom is -0.388 e. The number of β-amino-alcohol motifs (C(OH)–C–C–N with tert-alkyl or cyclic N) is 1. The number of nitrogens with zero attached hydrogens (tertiary/aromatic N) is 1. The Morgan fingerprint density at radius 3 is 2.95 bits per heavy atom. The van der Waals surface area contributed by atoms with E-state index in [4.69, 9.17) is 0 Å². The van der Waals surface area contributed by atoms with Crippen LogP contribution in [0.2, 0.25) is 0 Å². The Morgan fingerprint density at radius 2 is 2.33 bits per heavy atom. The van der Waals surface area contributed by atoms with Crippen LogP contribution in [0.1, 0.15) is 31.9 Å². The highest BCUT2D eigenvalue weighted by Gasteiger charge is 2.35. The van der Waals surface area contributed by atoms with Crippen molar-refractivity contribution >= 4 is 33.2 Å². The fourth-order valence-electron chi connectivity index (χ4n) is 3.07. The predicted octanol–water partition coefficient (Wildman–Crippen LogP) is 2.01. The molecule has 2 heterocycles. The number of carbonyl (C=O) groups is 1. The average Bonchev–Trinajstić information content (AvgIpc) is 2.90. The number of hydrogen-bond acceptors (Lipinski definition) is 4. The van der Waals surface area contributed by atoms with Crippen molar-refractivity contribution < 1.29 is 9.90 Å². The molecule has 2 unspecified atom stereocenters. The number of nitrogens with one attached hydrogen (secondary N) is 2. The fourth-order valence-corrected chi connectivity index (χ4v) is 3.68. The Hall–Kier alpha value is -1.11. The van der Waals surface area contributed by atoms with Crippen molar-refractivity contribution in [1.29, 1.82) is 0 Å². The van der Waals surface area contributed by atoms with Crippen molar-refractivity contribution in [2.75, 3.05) is 29.9 Å². The molecule has 1 fully saturated rings. The van der Waals surface area contributed by atoms with Gasteiger partial charge in [0.05, 0.1) is 11.3 Å². The summed E-state index contributed by atoms with van der Waals surface area (Å²) in [5.41, 5.74) is 2.21. The summed E-state index contributed by atoms with van der Waals surface area (Å²) >= 11 is 3.61. The molecular weight excluding hydrogens is 334 g/mol. The third kappa shape index (κ3) is 2.67. The fraction of sp³-hybridized carbons (Fsp3) is 0.533. The van der Waals surface area contributed by atoms with E-state index < -0.39 is 5.60 Å². The van der Waals surface area contributed by atoms with Crippen LogP contribution in [0.3, 0.4) is 0 Å². The van der Waals surface area contributed by atoms with Gasteiger partial charge < -0.3 is 20.6 Å². The number of anilines is 2. The lowest BCUT2D eigenvalue weighted by molar-refractivity contribution is -0.117. The van der Waals surface area contributed by atoms with Gasteiger partial charge in [0.25, 0.3) is 0 Å². The van der Waals surface area contributed by atoms with E-state index in [-0.39, 0.29) is 11.9 Å². The molecule has 3 rings (SSSR count). The molecule has 0 aromatic heterocycles. The Bertz CT molecular complexity index is 589. The smallest absolute Gasteiger partial charge is 0.246 e. The maximum atomic E-state index is 12.0. The normalized spacial score (nSPS) is 27.9. The summed E-state index contributed by atoms with van der Waals surface area (Å²) in [7, 11) is 0. The van der Waals surface area contributed by atoms with Gasteiger partial charge >= 0.3 is 0 Å². The maximum Gasteiger partial charge on any atom is 0.246 e. The first-order valence-corrected chi connectivity index (χ1v) is 8.05. The minimum absolute atomic E-state index is 0.00989. The zero-order chi connectivity index (χ0) is 15.2. The number of rotatable bonds is 3. The first-order valence-electron chi connectivity index (χ1n) is 7.26. The summed E-state index contributed by atoms with van der Waals surface area (Å²) in [5.74, 6) is -0.00989. The van der Waals surface area contributed by atoms with Crippen LogP contribution in [0.4, 0.5) is 11.4 Å². The standard InChI is InChI=1S/C15H20BrN3O2/c1-3-17-13-9-6-10(16)12(7-11(9)18-14(13)20)19-5-4-15(2,21)8-19/h6-7,13,17,21H,3-5,8H2,1-2H3,(H,18,20). The van der Waals surface area contributed by atoms with Gasteiger partial charge in [-0.25, -0.2) is 0 Å². The van der Waals surface area contributed by atoms with Crippen molar-refractivity contribution in [3.8, 4) is 0 Å². The van der Waals surface area contributed by atoms with Crippen LogP contribution in [-0.2, 0) is 4.79 Å². The number of halogens is 1. The van der Waals surface area contributed by atoms with E-state index in [1.165, 1.54) is 0 Å². The number of amides is 1. The Balaban J connectivity index is 1.93. The van der Waals surface area contributed by atoms with Gasteiger partial charge in [-0.1, -0.05) is 6.92 Å². The Kier molecular flexibility index (Phi) is 3.71. The predicted molar refractivity (Wildman–Crippen MR) is 86.6 cm³/mol. The minimum atomic E-state index is -0.645. The SMILES string of the molecule is CCNC1C(=O)Nc2cc(N3CCC(C)(O)C3)c(Br)cc21. The van der Waals surface area contributed by atoms with Crippen LogP contribution in [-0.4, -0.2) is 36.2 Å². The lowest BCUT2D eigenvalue weighted by atomic mass is 10.1. The van der Waals surface area contributed by atoms with Gasteiger partial charge in [0.15, 0.2) is 0 Å². The molecule has 5 nitrogen and oxygen atoms in total. The van der Waals surface area contributed by atoms with Gasteiger partial charge in [0.1, 0.15) is 6.04 Å². The number of aliphatic hydroxyl groups is 1. The van der Waals surface area contributed by atoms with Crippen LogP contribution >= 0.6 is 15.9 Å². The van der Waals surface area contributed by atoms with E-state index in [9.17, 15) is 9.90 Å². The van der Waals surface area contributed by atoms with E-state index in [0.29, 0.717) is 6.54 Å². The Morgan fingerprint density at radius 1 is 1.57 bits per heavy atom. The molecule has 0 saturated carbocycles. The average molecular weight is 354 g/mol. The summed E-state index contributed by atoms with van der Waals surface area (Å²) < 4.78 is 0.957. The largest absolute Gasteiger partial charge is 0.388 e. The van der Waals surface area contributed by atoms with Crippen LogP contribution in [0.15, 0.2) is 16.6 Å². The summed E-state index contributed by atoms with van der Waals surface area (Å²) in [5, 5.41) is 16.3. The highest BCUT2D eigenvalue weighted by molar-refractivity contribution is 9.10. The van der Waals surface area contributed by atoms with E-state index >= 15 is 0 Å². The zero-order valence-corrected chi connectivity index (χ0v) is 13.8. The van der Waals surface area contributed by atoms with Gasteiger partial charge in [-0.2, -0.15) is 0 Å². The van der Waals surface area contributed by atoms with E-state index in [2.05, 4.69) is 31.5 Å². The van der Waals surface area contributed by atoms with E-state index in [0.717, 1.165) is 40.9 Å². The molecule has 0 aliphatic carbocycles. The summed E-state index contributed by atoms with van der Waals surface area (Å²) in [6, 6.07) is 3.72. The second-order valence-corrected chi connectivity index (χ2v) is 6.89. The molecule has 2 atom stereocenters. The lowest BCUT2D eigenvalue weighted by Crippen LogP contribution is -2.29. The maximum absolute atomic E-state index is 12.0. The molecule has 1 amide bonds. The van der Waals surface area contributed by atoms with E-state index in [1.54, 1.807) is 0 Å². The molecule has 3 N–H and O–H groups in total. The van der Waals surface area contributed by atoms with Crippen LogP contribution in [0.5, 0.6) is 0 Å². The van der Waals surface area contributed by atoms with Crippen LogP contribution in [0, 0.1) is 0 Å². The molecule has 6 heteroatoms. The summed E-state index contributed by atoms with van der Waals surface area (Å²) in [4.78, 5) is 14.2. The first kappa shape index (κ1) is 14.8. The molecule has 21 heavy (non-hydrogen) atoms. The van der Waals surface area contributed by atoms with Crippen molar-refractivity contribution in [2.45, 2.75) is 31.9 Å². The first-order chi connectivity index (χ1) is 9.91. The molecule has 114 valence electrons. The molecular formula is C15H20BrN3O2. The zero-order valence-electron chi connectivity index (χ0n) is 12.2. The van der Waals surface area contributed by atoms with Gasteiger partial charge in [-0.3, -0.25) is 4.79 Å². The topological polar surface area (TPSA) is 64.6 Å². The lowest BCUT2D eigenvalue weighted by Gasteiger charge is -2.23. The number of fused-ring (bicyclic) bond motifs is 1. The van der Waals surface area contributed by atoms with Crippen molar-refractivity contribution in [1.82, 2.24) is 5.32 Å². The molecule has 2 aliphatic heterocycles. The molecule has 0 spiro atoms. The van der Waals surface area contributed by atoms with Crippen LogP contribution in [0.25, 0.3) is 0 Å². The number of carbonyl (C=O) groups excluding carboxylic acids is 1. The molecule has 1 aromatic carbocycles. The number of benzene rings is 1. The van der Waals surface area contributed by atoms with Gasteiger partial charge in [-0.15, -0.1) is 0 Å². The third-order valence-corrected chi connectivity index (χ3v) is 4.79. The van der Waals surface area contributed by atoms with Crippen molar-refractivity contribution in [3.63, 3.8) is 0 Å². The van der Waals surface area contributed by atoms with Crippen molar-refractivity contribution in [3.05, 3.63) is 22.2 Å². The van der Waals surface area contributed by atoms with Crippen LogP contribution < -0.4 is 15.5 Å². The third-order valence-electron chi connectivity index (χ3n) is 4.15. The molecule has 0 bridgehead atoms. The quantitative estimate of drug-likeness (QED) is 0.777. The molecule has 1 saturated heterocycles. The second-order valence-electron chi connectivity index (χ2n) is 6.04. The summed E-state index contributed by atoms with van der Waals surface area (Å²) in [6.45, 7) is 6.01. The van der Waals surface area contributed by atoms with Gasteiger partial charge in [-0.05, 0) is 48.0 Å². The monoisotopic (exact) mass is 353 g/mol. The van der Waals surface area contributed by atoms with Crippen molar-refractivity contribution in [2.24, 2.45) is 0 Å². The molecule has 1 aromatic rings. The second kappa shape index (κ2) is 5.26. The van der Waals surface area contributed by atoms with Gasteiger partial charge in [0.2, 0.25) is 5.91 Å². The molecule has 2 aliphatic rings. The summed E-state index contributed by atoms with van der Waals surface area (Å²) in [6.07, 6.45) is 0.753. The van der Waals surface area contributed by atoms with Gasteiger partial charge in [0, 0.05) is 28.8 Å². The highest BCUT2D eigenvalue weighted by atomic mass is 79.9. The number of likely N-dealkylation sites (N-methyl/N-ethyl adjacent to an activating group) is 1. The van der Waals surface area contributed by atoms with E-state index in [1.807, 2.05) is 26.0 Å².